The molecule has 0 spiro atoms. The zero-order valence-electron chi connectivity index (χ0n) is 12.0. The number of para-hydroxylation sites is 1. The van der Waals surface area contributed by atoms with E-state index in [1.54, 1.807) is 12.1 Å². The monoisotopic (exact) mass is 356 g/mol. The lowest BCUT2D eigenvalue weighted by Crippen LogP contribution is -2.41. The number of carbonyl (C=O) groups excluding carboxylic acids is 2. The predicted octanol–water partition coefficient (Wildman–Crippen LogP) is 3.32. The Morgan fingerprint density at radius 2 is 2.05 bits per heavy atom. The largest absolute Gasteiger partial charge is 0.370 e. The Morgan fingerprint density at radius 1 is 1.38 bits per heavy atom. The number of rotatable bonds is 5. The first kappa shape index (κ1) is 15.9. The number of hydrogen-bond donors (Lipinski definition) is 1. The third-order valence-electron chi connectivity index (χ3n) is 3.77. The van der Waals surface area contributed by atoms with E-state index >= 15 is 0 Å². The summed E-state index contributed by atoms with van der Waals surface area (Å²) in [6.45, 7) is 3.89. The van der Waals surface area contributed by atoms with Gasteiger partial charge in [0, 0.05) is 10.5 Å². The molecule has 1 aliphatic heterocycles. The van der Waals surface area contributed by atoms with Crippen LogP contribution in [0, 0.1) is 5.82 Å². The number of imide groups is 1. The highest BCUT2D eigenvalue weighted by atomic mass is 79.9. The number of likely N-dealkylation sites (tertiary alicyclic amines) is 1. The van der Waals surface area contributed by atoms with Crippen molar-refractivity contribution in [2.45, 2.75) is 45.2 Å². The van der Waals surface area contributed by atoms with Crippen molar-refractivity contribution < 1.29 is 14.0 Å². The standard InChI is InChI=1S/C15H18BrFN2O2/c1-3-9(4-2)19-13(20)8-12(15(19)21)18-14-10(16)6-5-7-11(14)17/h5-7,9,12,18H,3-4,8H2,1-2H3. The van der Waals surface area contributed by atoms with Gasteiger partial charge in [0.25, 0.3) is 5.91 Å². The summed E-state index contributed by atoms with van der Waals surface area (Å²) in [6, 6.07) is 3.79. The molecule has 2 rings (SSSR count). The smallest absolute Gasteiger partial charge is 0.252 e. The van der Waals surface area contributed by atoms with Crippen LogP contribution in [0.25, 0.3) is 0 Å². The molecule has 1 aromatic carbocycles. The van der Waals surface area contributed by atoms with E-state index in [-0.39, 0.29) is 30.0 Å². The molecule has 6 heteroatoms. The summed E-state index contributed by atoms with van der Waals surface area (Å²) < 4.78 is 14.3. The molecule has 4 nitrogen and oxygen atoms in total. The van der Waals surface area contributed by atoms with Crippen LogP contribution in [0.4, 0.5) is 10.1 Å². The zero-order valence-corrected chi connectivity index (χ0v) is 13.6. The van der Waals surface area contributed by atoms with Crippen LogP contribution >= 0.6 is 15.9 Å². The Balaban J connectivity index is 2.20. The number of benzene rings is 1. The zero-order chi connectivity index (χ0) is 15.6. The lowest BCUT2D eigenvalue weighted by atomic mass is 10.1. The number of anilines is 1. The second kappa shape index (κ2) is 6.56. The number of nitrogens with one attached hydrogen (secondary N) is 1. The topological polar surface area (TPSA) is 49.4 Å². The lowest BCUT2D eigenvalue weighted by Gasteiger charge is -2.24. The SMILES string of the molecule is CCC(CC)N1C(=O)CC(Nc2c(F)cccc2Br)C1=O. The van der Waals surface area contributed by atoms with E-state index < -0.39 is 11.9 Å². The van der Waals surface area contributed by atoms with Gasteiger partial charge >= 0.3 is 0 Å². The molecule has 114 valence electrons. The molecule has 1 saturated heterocycles. The molecule has 0 saturated carbocycles. The van der Waals surface area contributed by atoms with E-state index in [9.17, 15) is 14.0 Å². The Hall–Kier alpha value is -1.43. The van der Waals surface area contributed by atoms with Gasteiger partial charge in [-0.25, -0.2) is 4.39 Å². The minimum absolute atomic E-state index is 0.0656. The predicted molar refractivity (Wildman–Crippen MR) is 82.4 cm³/mol. The minimum Gasteiger partial charge on any atom is -0.370 e. The number of amides is 2. The molecule has 1 aromatic rings. The van der Waals surface area contributed by atoms with Gasteiger partial charge in [-0.3, -0.25) is 14.5 Å². The summed E-state index contributed by atoms with van der Waals surface area (Å²) in [6.07, 6.45) is 1.52. The van der Waals surface area contributed by atoms with E-state index in [4.69, 9.17) is 0 Å². The molecule has 1 unspecified atom stereocenters. The van der Waals surface area contributed by atoms with Crippen molar-refractivity contribution in [2.24, 2.45) is 0 Å². The summed E-state index contributed by atoms with van der Waals surface area (Å²) in [7, 11) is 0. The fourth-order valence-electron chi connectivity index (χ4n) is 2.61. The van der Waals surface area contributed by atoms with E-state index in [0.29, 0.717) is 4.47 Å². The molecular formula is C15H18BrFN2O2. The van der Waals surface area contributed by atoms with Crippen LogP contribution in [0.1, 0.15) is 33.1 Å². The maximum atomic E-state index is 13.8. The van der Waals surface area contributed by atoms with Crippen LogP contribution in [-0.4, -0.2) is 28.8 Å². The average molecular weight is 357 g/mol. The van der Waals surface area contributed by atoms with Crippen LogP contribution in [0.2, 0.25) is 0 Å². The van der Waals surface area contributed by atoms with Gasteiger partial charge < -0.3 is 5.32 Å². The first-order valence-corrected chi connectivity index (χ1v) is 7.85. The van der Waals surface area contributed by atoms with Crippen molar-refractivity contribution in [3.8, 4) is 0 Å². The van der Waals surface area contributed by atoms with E-state index in [0.717, 1.165) is 12.8 Å². The van der Waals surface area contributed by atoms with Crippen LogP contribution < -0.4 is 5.32 Å². The summed E-state index contributed by atoms with van der Waals surface area (Å²) in [5.41, 5.74) is 0.218. The fraction of sp³-hybridized carbons (Fsp3) is 0.467. The summed E-state index contributed by atoms with van der Waals surface area (Å²) in [4.78, 5) is 25.8. The second-order valence-electron chi connectivity index (χ2n) is 5.07. The number of carbonyl (C=O) groups is 2. The van der Waals surface area contributed by atoms with Crippen LogP contribution in [0.5, 0.6) is 0 Å². The van der Waals surface area contributed by atoms with Crippen LogP contribution in [0.15, 0.2) is 22.7 Å². The minimum atomic E-state index is -0.703. The second-order valence-corrected chi connectivity index (χ2v) is 5.92. The number of hydrogen-bond acceptors (Lipinski definition) is 3. The van der Waals surface area contributed by atoms with Crippen molar-refractivity contribution in [1.82, 2.24) is 4.90 Å². The molecule has 1 heterocycles. The Kier molecular flexibility index (Phi) is 4.98. The van der Waals surface area contributed by atoms with Gasteiger partial charge in [0.15, 0.2) is 0 Å². The fourth-order valence-corrected chi connectivity index (χ4v) is 3.07. The third kappa shape index (κ3) is 3.10. The highest BCUT2D eigenvalue weighted by molar-refractivity contribution is 9.10. The van der Waals surface area contributed by atoms with Crippen LogP contribution in [-0.2, 0) is 9.59 Å². The van der Waals surface area contributed by atoms with E-state index in [2.05, 4.69) is 21.2 Å². The molecule has 1 aliphatic rings. The highest BCUT2D eigenvalue weighted by Crippen LogP contribution is 2.29. The van der Waals surface area contributed by atoms with Crippen molar-refractivity contribution in [3.63, 3.8) is 0 Å². The Labute approximate surface area is 131 Å². The van der Waals surface area contributed by atoms with Crippen molar-refractivity contribution in [3.05, 3.63) is 28.5 Å². The van der Waals surface area contributed by atoms with Gasteiger partial charge in [-0.15, -0.1) is 0 Å². The normalized spacial score (nSPS) is 18.7. The molecule has 0 radical (unpaired) electrons. The third-order valence-corrected chi connectivity index (χ3v) is 4.43. The summed E-state index contributed by atoms with van der Waals surface area (Å²) in [5, 5.41) is 2.86. The molecule has 2 amide bonds. The van der Waals surface area contributed by atoms with Gasteiger partial charge in [0.1, 0.15) is 11.9 Å². The quantitative estimate of drug-likeness (QED) is 0.823. The Bertz CT molecular complexity index is 540. The average Bonchev–Trinajstić information content (AvgIpc) is 2.72. The lowest BCUT2D eigenvalue weighted by molar-refractivity contribution is -0.141. The molecule has 1 atom stereocenters. The van der Waals surface area contributed by atoms with Crippen molar-refractivity contribution >= 4 is 33.4 Å². The molecular weight excluding hydrogens is 339 g/mol. The van der Waals surface area contributed by atoms with Gasteiger partial charge in [-0.2, -0.15) is 0 Å². The molecule has 0 aliphatic carbocycles. The molecule has 0 aromatic heterocycles. The first-order chi connectivity index (χ1) is 9.99. The summed E-state index contributed by atoms with van der Waals surface area (Å²) >= 11 is 3.25. The van der Waals surface area contributed by atoms with E-state index in [1.165, 1.54) is 11.0 Å². The number of nitrogens with zero attached hydrogens (tertiary/aromatic N) is 1. The maximum absolute atomic E-state index is 13.8. The molecule has 1 N–H and O–H groups in total. The van der Waals surface area contributed by atoms with Crippen LogP contribution in [0.3, 0.4) is 0 Å². The molecule has 0 bridgehead atoms. The van der Waals surface area contributed by atoms with Gasteiger partial charge in [0.2, 0.25) is 5.91 Å². The van der Waals surface area contributed by atoms with Gasteiger partial charge in [-0.05, 0) is 40.9 Å². The highest BCUT2D eigenvalue weighted by Gasteiger charge is 2.41. The molecule has 21 heavy (non-hydrogen) atoms. The van der Waals surface area contributed by atoms with Gasteiger partial charge in [0.05, 0.1) is 12.1 Å². The first-order valence-electron chi connectivity index (χ1n) is 7.06. The molecule has 1 fully saturated rings. The van der Waals surface area contributed by atoms with Gasteiger partial charge in [-0.1, -0.05) is 19.9 Å². The summed E-state index contributed by atoms with van der Waals surface area (Å²) in [5.74, 6) is -0.923. The maximum Gasteiger partial charge on any atom is 0.252 e. The van der Waals surface area contributed by atoms with Crippen molar-refractivity contribution in [2.75, 3.05) is 5.32 Å². The van der Waals surface area contributed by atoms with E-state index in [1.807, 2.05) is 13.8 Å². The number of halogens is 2. The van der Waals surface area contributed by atoms with Crippen molar-refractivity contribution in [1.29, 1.82) is 0 Å². The Morgan fingerprint density at radius 3 is 2.62 bits per heavy atom.